The van der Waals surface area contributed by atoms with E-state index in [4.69, 9.17) is 5.73 Å². The van der Waals surface area contributed by atoms with Gasteiger partial charge in [0, 0.05) is 12.0 Å². The van der Waals surface area contributed by atoms with Crippen molar-refractivity contribution in [1.82, 2.24) is 5.32 Å². The fraction of sp³-hybridized carbons (Fsp3) is 0.588. The Hall–Kier alpha value is -1.06. The van der Waals surface area contributed by atoms with Gasteiger partial charge in [-0.1, -0.05) is 56.0 Å². The van der Waals surface area contributed by atoms with Gasteiger partial charge in [0.1, 0.15) is 0 Å². The molecular weight excluding hydrogens is 284 g/mol. The van der Waals surface area contributed by atoms with Crippen LogP contribution in [0, 0.1) is 0 Å². The third kappa shape index (κ3) is 4.72. The summed E-state index contributed by atoms with van der Waals surface area (Å²) in [5.41, 5.74) is 7.09. The van der Waals surface area contributed by atoms with Gasteiger partial charge in [0.25, 0.3) is 0 Å². The lowest BCUT2D eigenvalue weighted by atomic mass is 9.74. The van der Waals surface area contributed by atoms with Gasteiger partial charge >= 0.3 is 0 Å². The molecule has 3 N–H and O–H groups in total. The van der Waals surface area contributed by atoms with E-state index in [2.05, 4.69) is 35.6 Å². The molecule has 0 unspecified atom stereocenters. The number of nitrogens with two attached hydrogens (primary N) is 1. The standard InChI is InChI=1S/C17H26N2O.ClH/c1-14(18)16(20)19-13-17(11-7-2-3-8-12-17)15-9-5-4-6-10-15;/h4-6,9-10,14H,2-3,7-8,11-13,18H2,1H3,(H,19,20);1H/t14-;/m1./s1. The molecule has 0 heterocycles. The maximum Gasteiger partial charge on any atom is 0.236 e. The van der Waals surface area contributed by atoms with Crippen molar-refractivity contribution >= 4 is 18.3 Å². The van der Waals surface area contributed by atoms with E-state index in [1.165, 1.54) is 31.2 Å². The molecule has 21 heavy (non-hydrogen) atoms. The molecule has 0 bridgehead atoms. The highest BCUT2D eigenvalue weighted by Gasteiger charge is 2.33. The van der Waals surface area contributed by atoms with E-state index in [0.29, 0.717) is 6.54 Å². The van der Waals surface area contributed by atoms with Gasteiger partial charge in [0.15, 0.2) is 0 Å². The Balaban J connectivity index is 0.00000220. The van der Waals surface area contributed by atoms with Gasteiger partial charge in [-0.3, -0.25) is 4.79 Å². The van der Waals surface area contributed by atoms with Crippen LogP contribution in [0.25, 0.3) is 0 Å². The predicted octanol–water partition coefficient (Wildman–Crippen LogP) is 3.16. The highest BCUT2D eigenvalue weighted by Crippen LogP contribution is 2.37. The molecule has 1 saturated carbocycles. The molecule has 0 saturated heterocycles. The van der Waals surface area contributed by atoms with Crippen LogP contribution in [0.15, 0.2) is 30.3 Å². The molecule has 1 aliphatic rings. The number of carbonyl (C=O) groups excluding carboxylic acids is 1. The highest BCUT2D eigenvalue weighted by atomic mass is 35.5. The summed E-state index contributed by atoms with van der Waals surface area (Å²) in [7, 11) is 0. The summed E-state index contributed by atoms with van der Waals surface area (Å²) in [4.78, 5) is 11.8. The second kappa shape index (κ2) is 8.40. The highest BCUT2D eigenvalue weighted by molar-refractivity contribution is 5.85. The first kappa shape index (κ1) is 18.0. The molecule has 1 aromatic carbocycles. The summed E-state index contributed by atoms with van der Waals surface area (Å²) in [6.07, 6.45) is 7.38. The number of carbonyl (C=O) groups is 1. The van der Waals surface area contributed by atoms with Crippen molar-refractivity contribution in [3.05, 3.63) is 35.9 Å². The van der Waals surface area contributed by atoms with Crippen LogP contribution in [0.5, 0.6) is 0 Å². The number of benzene rings is 1. The quantitative estimate of drug-likeness (QED) is 0.839. The lowest BCUT2D eigenvalue weighted by molar-refractivity contribution is -0.122. The number of amides is 1. The fourth-order valence-corrected chi connectivity index (χ4v) is 3.18. The van der Waals surface area contributed by atoms with Gasteiger partial charge < -0.3 is 11.1 Å². The van der Waals surface area contributed by atoms with Crippen LogP contribution in [-0.4, -0.2) is 18.5 Å². The Kier molecular flexibility index (Phi) is 7.20. The molecule has 1 aliphatic carbocycles. The SMILES string of the molecule is C[C@@H](N)C(=O)NCC1(c2ccccc2)CCCCCC1.Cl. The van der Waals surface area contributed by atoms with Gasteiger partial charge in [-0.25, -0.2) is 0 Å². The van der Waals surface area contributed by atoms with Crippen LogP contribution >= 0.6 is 12.4 Å². The maximum absolute atomic E-state index is 11.8. The molecule has 4 heteroatoms. The monoisotopic (exact) mass is 310 g/mol. The number of hydrogen-bond donors (Lipinski definition) is 2. The number of rotatable bonds is 4. The molecule has 0 spiro atoms. The van der Waals surface area contributed by atoms with Gasteiger partial charge in [0.2, 0.25) is 5.91 Å². The Labute approximate surface area is 134 Å². The summed E-state index contributed by atoms with van der Waals surface area (Å²) < 4.78 is 0. The van der Waals surface area contributed by atoms with Crippen LogP contribution in [0.4, 0.5) is 0 Å². The zero-order chi connectivity index (χ0) is 14.4. The molecule has 0 aliphatic heterocycles. The smallest absolute Gasteiger partial charge is 0.236 e. The number of nitrogens with one attached hydrogen (secondary N) is 1. The van der Waals surface area contributed by atoms with Gasteiger partial charge in [-0.2, -0.15) is 0 Å². The van der Waals surface area contributed by atoms with E-state index >= 15 is 0 Å². The van der Waals surface area contributed by atoms with E-state index in [1.54, 1.807) is 6.92 Å². The number of halogens is 1. The predicted molar refractivity (Wildman–Crippen MR) is 89.7 cm³/mol. The molecule has 1 atom stereocenters. The molecule has 0 aromatic heterocycles. The lowest BCUT2D eigenvalue weighted by Crippen LogP contribution is -2.45. The van der Waals surface area contributed by atoms with E-state index in [-0.39, 0.29) is 23.7 Å². The molecule has 1 fully saturated rings. The van der Waals surface area contributed by atoms with Crippen LogP contribution in [0.2, 0.25) is 0 Å². The van der Waals surface area contributed by atoms with Crippen molar-refractivity contribution in [2.24, 2.45) is 5.73 Å². The van der Waals surface area contributed by atoms with Crippen molar-refractivity contribution in [2.75, 3.05) is 6.54 Å². The first-order valence-electron chi connectivity index (χ1n) is 7.73. The first-order valence-corrected chi connectivity index (χ1v) is 7.73. The maximum atomic E-state index is 11.8. The summed E-state index contributed by atoms with van der Waals surface area (Å²) >= 11 is 0. The van der Waals surface area contributed by atoms with Crippen molar-refractivity contribution in [3.63, 3.8) is 0 Å². The zero-order valence-electron chi connectivity index (χ0n) is 12.8. The minimum Gasteiger partial charge on any atom is -0.354 e. The minimum atomic E-state index is -0.436. The fourth-order valence-electron chi connectivity index (χ4n) is 3.18. The third-order valence-electron chi connectivity index (χ3n) is 4.46. The lowest BCUT2D eigenvalue weighted by Gasteiger charge is -2.34. The Morgan fingerprint density at radius 1 is 1.19 bits per heavy atom. The van der Waals surface area contributed by atoms with Gasteiger partial charge in [-0.05, 0) is 25.3 Å². The zero-order valence-corrected chi connectivity index (χ0v) is 13.6. The Bertz CT molecular complexity index is 426. The Morgan fingerprint density at radius 3 is 2.29 bits per heavy atom. The average Bonchev–Trinajstić information content (AvgIpc) is 2.72. The van der Waals surface area contributed by atoms with Crippen molar-refractivity contribution in [1.29, 1.82) is 0 Å². The van der Waals surface area contributed by atoms with Crippen LogP contribution in [0.1, 0.15) is 51.0 Å². The molecule has 0 radical (unpaired) electrons. The molecule has 118 valence electrons. The van der Waals surface area contributed by atoms with Crippen LogP contribution < -0.4 is 11.1 Å². The Morgan fingerprint density at radius 2 is 1.76 bits per heavy atom. The van der Waals surface area contributed by atoms with Gasteiger partial charge in [-0.15, -0.1) is 12.4 Å². The van der Waals surface area contributed by atoms with Crippen molar-refractivity contribution in [3.8, 4) is 0 Å². The molecule has 1 aromatic rings. The molecule has 2 rings (SSSR count). The minimum absolute atomic E-state index is 0. The van der Waals surface area contributed by atoms with E-state index in [0.717, 1.165) is 12.8 Å². The van der Waals surface area contributed by atoms with Crippen LogP contribution in [0.3, 0.4) is 0 Å². The topological polar surface area (TPSA) is 55.1 Å². The van der Waals surface area contributed by atoms with Crippen molar-refractivity contribution < 1.29 is 4.79 Å². The van der Waals surface area contributed by atoms with E-state index < -0.39 is 6.04 Å². The molecule has 3 nitrogen and oxygen atoms in total. The van der Waals surface area contributed by atoms with Crippen molar-refractivity contribution in [2.45, 2.75) is 56.9 Å². The average molecular weight is 311 g/mol. The third-order valence-corrected chi connectivity index (χ3v) is 4.46. The second-order valence-electron chi connectivity index (χ2n) is 6.07. The summed E-state index contributed by atoms with van der Waals surface area (Å²) in [5, 5.41) is 3.05. The molecular formula is C17H27ClN2O. The van der Waals surface area contributed by atoms with Gasteiger partial charge in [0.05, 0.1) is 6.04 Å². The summed E-state index contributed by atoms with van der Waals surface area (Å²) in [5.74, 6) is -0.0513. The normalized spacial score (nSPS) is 19.0. The summed E-state index contributed by atoms with van der Waals surface area (Å²) in [6.45, 7) is 2.44. The van der Waals surface area contributed by atoms with E-state index in [9.17, 15) is 4.79 Å². The number of hydrogen-bond acceptors (Lipinski definition) is 2. The summed E-state index contributed by atoms with van der Waals surface area (Å²) in [6, 6.07) is 10.2. The van der Waals surface area contributed by atoms with E-state index in [1.807, 2.05) is 0 Å². The largest absolute Gasteiger partial charge is 0.354 e. The van der Waals surface area contributed by atoms with Crippen LogP contribution in [-0.2, 0) is 10.2 Å². The molecule has 1 amide bonds. The second-order valence-corrected chi connectivity index (χ2v) is 6.07. The first-order chi connectivity index (χ1) is 9.64.